The first-order valence-corrected chi connectivity index (χ1v) is 11.0. The van der Waals surface area contributed by atoms with Crippen LogP contribution in [0, 0.1) is 24.1 Å². The SMILES string of the molecule is Cc1nc2nc(NCCN(C)C)nc(NCc3cccc(C(F)F)c3F)c2cc1C1(C#N)CC1. The zero-order valence-corrected chi connectivity index (χ0v) is 19.3. The molecule has 0 amide bonds. The highest BCUT2D eigenvalue weighted by molar-refractivity contribution is 5.88. The van der Waals surface area contributed by atoms with Gasteiger partial charge in [0, 0.05) is 30.9 Å². The molecule has 7 nitrogen and oxygen atoms in total. The number of nitrogens with one attached hydrogen (secondary N) is 2. The van der Waals surface area contributed by atoms with Gasteiger partial charge in [0.15, 0.2) is 5.65 Å². The molecule has 0 bridgehead atoms. The Bertz CT molecular complexity index is 1250. The molecule has 2 heterocycles. The normalized spacial score (nSPS) is 14.4. The van der Waals surface area contributed by atoms with Crippen molar-refractivity contribution in [3.63, 3.8) is 0 Å². The molecule has 178 valence electrons. The van der Waals surface area contributed by atoms with Gasteiger partial charge in [-0.2, -0.15) is 15.2 Å². The lowest BCUT2D eigenvalue weighted by atomic mass is 9.95. The maximum Gasteiger partial charge on any atom is 0.266 e. The van der Waals surface area contributed by atoms with Crippen LogP contribution >= 0.6 is 0 Å². The molecule has 34 heavy (non-hydrogen) atoms. The number of anilines is 2. The van der Waals surface area contributed by atoms with E-state index in [1.54, 1.807) is 0 Å². The fraction of sp³-hybridized carbons (Fsp3) is 0.417. The van der Waals surface area contributed by atoms with E-state index in [0.717, 1.165) is 36.7 Å². The molecule has 1 fully saturated rings. The van der Waals surface area contributed by atoms with Crippen LogP contribution in [0.5, 0.6) is 0 Å². The average molecular weight is 470 g/mol. The number of benzene rings is 1. The van der Waals surface area contributed by atoms with Crippen molar-refractivity contribution in [3.8, 4) is 6.07 Å². The van der Waals surface area contributed by atoms with Crippen molar-refractivity contribution in [2.75, 3.05) is 37.8 Å². The van der Waals surface area contributed by atoms with Gasteiger partial charge in [0.05, 0.1) is 22.4 Å². The van der Waals surface area contributed by atoms with Crippen molar-refractivity contribution in [1.29, 1.82) is 5.26 Å². The van der Waals surface area contributed by atoms with Crippen molar-refractivity contribution in [2.45, 2.75) is 38.2 Å². The van der Waals surface area contributed by atoms with Crippen LogP contribution in [0.25, 0.3) is 11.0 Å². The number of pyridine rings is 1. The van der Waals surface area contributed by atoms with Crippen molar-refractivity contribution >= 4 is 22.8 Å². The minimum atomic E-state index is -2.90. The summed E-state index contributed by atoms with van der Waals surface area (Å²) < 4.78 is 40.8. The number of halogens is 3. The van der Waals surface area contributed by atoms with Gasteiger partial charge >= 0.3 is 0 Å². The summed E-state index contributed by atoms with van der Waals surface area (Å²) >= 11 is 0. The number of nitrogens with zero attached hydrogens (tertiary/aromatic N) is 5. The third-order valence-corrected chi connectivity index (χ3v) is 5.99. The van der Waals surface area contributed by atoms with E-state index < -0.39 is 23.2 Å². The van der Waals surface area contributed by atoms with Gasteiger partial charge in [0.1, 0.15) is 11.6 Å². The molecule has 0 atom stereocenters. The van der Waals surface area contributed by atoms with Crippen molar-refractivity contribution in [1.82, 2.24) is 19.9 Å². The molecular weight excluding hydrogens is 443 g/mol. The fourth-order valence-corrected chi connectivity index (χ4v) is 3.88. The van der Waals surface area contributed by atoms with Crippen LogP contribution in [-0.4, -0.2) is 47.0 Å². The van der Waals surface area contributed by atoms with Crippen molar-refractivity contribution < 1.29 is 13.2 Å². The molecule has 2 aromatic heterocycles. The summed E-state index contributed by atoms with van der Waals surface area (Å²) in [5.74, 6) is -0.204. The fourth-order valence-electron chi connectivity index (χ4n) is 3.88. The number of hydrogen-bond acceptors (Lipinski definition) is 7. The first kappa shape index (κ1) is 23.7. The number of nitriles is 1. The summed E-state index contributed by atoms with van der Waals surface area (Å²) in [5, 5.41) is 16.5. The summed E-state index contributed by atoms with van der Waals surface area (Å²) in [7, 11) is 3.90. The Morgan fingerprint density at radius 2 is 1.94 bits per heavy atom. The lowest BCUT2D eigenvalue weighted by molar-refractivity contribution is 0.146. The van der Waals surface area contributed by atoms with Crippen LogP contribution in [0.3, 0.4) is 0 Å². The topological polar surface area (TPSA) is 89.8 Å². The number of alkyl halides is 2. The number of rotatable bonds is 9. The summed E-state index contributed by atoms with van der Waals surface area (Å²) in [4.78, 5) is 15.7. The maximum atomic E-state index is 14.6. The second-order valence-electron chi connectivity index (χ2n) is 8.79. The number of aromatic nitrogens is 3. The van der Waals surface area contributed by atoms with Gasteiger partial charge in [0.2, 0.25) is 5.95 Å². The molecule has 1 aliphatic carbocycles. The second kappa shape index (κ2) is 9.43. The van der Waals surface area contributed by atoms with E-state index in [1.165, 1.54) is 12.1 Å². The summed E-state index contributed by atoms with van der Waals surface area (Å²) in [6, 6.07) is 8.19. The van der Waals surface area contributed by atoms with E-state index in [0.29, 0.717) is 29.3 Å². The molecule has 0 radical (unpaired) electrons. The third kappa shape index (κ3) is 4.75. The Morgan fingerprint density at radius 3 is 2.59 bits per heavy atom. The Balaban J connectivity index is 1.72. The van der Waals surface area contributed by atoms with Crippen LogP contribution in [0.4, 0.5) is 24.9 Å². The van der Waals surface area contributed by atoms with Gasteiger partial charge in [-0.05, 0) is 45.5 Å². The number of aryl methyl sites for hydroxylation is 1. The summed E-state index contributed by atoms with van der Waals surface area (Å²) in [6.45, 7) is 3.15. The highest BCUT2D eigenvalue weighted by Gasteiger charge is 2.46. The summed E-state index contributed by atoms with van der Waals surface area (Å²) in [5.41, 5.74) is 0.897. The minimum absolute atomic E-state index is 0.0533. The molecule has 1 aliphatic rings. The Labute approximate surface area is 196 Å². The van der Waals surface area contributed by atoms with Gasteiger partial charge in [-0.3, -0.25) is 0 Å². The smallest absolute Gasteiger partial charge is 0.266 e. The van der Waals surface area contributed by atoms with E-state index in [-0.39, 0.29) is 12.1 Å². The Kier molecular flexibility index (Phi) is 6.57. The highest BCUT2D eigenvalue weighted by Crippen LogP contribution is 2.49. The molecule has 0 saturated heterocycles. The van der Waals surface area contributed by atoms with E-state index in [1.807, 2.05) is 32.0 Å². The Hall–Kier alpha value is -3.45. The molecule has 10 heteroatoms. The van der Waals surface area contributed by atoms with Crippen LogP contribution < -0.4 is 10.6 Å². The van der Waals surface area contributed by atoms with E-state index in [2.05, 4.69) is 31.7 Å². The predicted molar refractivity (Wildman–Crippen MR) is 124 cm³/mol. The van der Waals surface area contributed by atoms with Crippen LogP contribution in [0.2, 0.25) is 0 Å². The molecule has 0 unspecified atom stereocenters. The zero-order chi connectivity index (χ0) is 24.5. The van der Waals surface area contributed by atoms with Crippen molar-refractivity contribution in [3.05, 3.63) is 52.5 Å². The third-order valence-electron chi connectivity index (χ3n) is 5.99. The molecule has 2 N–H and O–H groups in total. The monoisotopic (exact) mass is 469 g/mol. The molecule has 0 aliphatic heterocycles. The lowest BCUT2D eigenvalue weighted by Gasteiger charge is -2.16. The maximum absolute atomic E-state index is 14.6. The number of likely N-dealkylation sites (N-methyl/N-ethyl adjacent to an activating group) is 1. The lowest BCUT2D eigenvalue weighted by Crippen LogP contribution is -2.22. The minimum Gasteiger partial charge on any atom is -0.365 e. The van der Waals surface area contributed by atoms with E-state index in [9.17, 15) is 18.4 Å². The molecule has 0 spiro atoms. The van der Waals surface area contributed by atoms with Crippen molar-refractivity contribution in [2.24, 2.45) is 0 Å². The molecule has 1 aromatic carbocycles. The average Bonchev–Trinajstić information content (AvgIpc) is 3.58. The first-order valence-electron chi connectivity index (χ1n) is 11.0. The first-order chi connectivity index (χ1) is 16.2. The van der Waals surface area contributed by atoms with Crippen LogP contribution in [0.15, 0.2) is 24.3 Å². The van der Waals surface area contributed by atoms with Gasteiger partial charge in [-0.1, -0.05) is 18.2 Å². The second-order valence-corrected chi connectivity index (χ2v) is 8.79. The van der Waals surface area contributed by atoms with Crippen LogP contribution in [0.1, 0.15) is 41.7 Å². The largest absolute Gasteiger partial charge is 0.365 e. The van der Waals surface area contributed by atoms with Gasteiger partial charge in [-0.25, -0.2) is 18.2 Å². The molecule has 4 rings (SSSR count). The predicted octanol–water partition coefficient (Wildman–Crippen LogP) is 4.55. The van der Waals surface area contributed by atoms with Gasteiger partial charge in [-0.15, -0.1) is 0 Å². The van der Waals surface area contributed by atoms with Gasteiger partial charge < -0.3 is 15.5 Å². The van der Waals surface area contributed by atoms with Gasteiger partial charge in [0.25, 0.3) is 6.43 Å². The molecule has 3 aromatic rings. The number of fused-ring (bicyclic) bond motifs is 1. The molecular formula is C24H26F3N7. The zero-order valence-electron chi connectivity index (χ0n) is 19.3. The van der Waals surface area contributed by atoms with Crippen LogP contribution in [-0.2, 0) is 12.0 Å². The van der Waals surface area contributed by atoms with E-state index >= 15 is 0 Å². The Morgan fingerprint density at radius 1 is 1.18 bits per heavy atom. The number of hydrogen-bond donors (Lipinski definition) is 2. The van der Waals surface area contributed by atoms with E-state index in [4.69, 9.17) is 0 Å². The highest BCUT2D eigenvalue weighted by atomic mass is 19.3. The quantitative estimate of drug-likeness (QED) is 0.475. The standard InChI is InChI=1S/C24H26F3N7/c1-14-18(24(13-28)7-8-24)11-17-21(30-12-15-5-4-6-16(19(15)25)20(26)27)32-23(33-22(17)31-14)29-9-10-34(2)3/h4-6,11,20H,7-10,12H2,1-3H3,(H2,29,30,31,32,33). The molecule has 1 saturated carbocycles. The summed E-state index contributed by atoms with van der Waals surface area (Å²) in [6.07, 6.45) is -1.38.